The molecule has 0 aromatic heterocycles. The van der Waals surface area contributed by atoms with E-state index in [1.54, 1.807) is 0 Å². The van der Waals surface area contributed by atoms with Gasteiger partial charge < -0.3 is 9.80 Å². The van der Waals surface area contributed by atoms with Gasteiger partial charge in [0.1, 0.15) is 0 Å². The minimum atomic E-state index is 1.18. The molecule has 0 bridgehead atoms. The van der Waals surface area contributed by atoms with E-state index in [-0.39, 0.29) is 0 Å². The minimum Gasteiger partial charge on any atom is -0.341 e. The molecule has 0 atom stereocenters. The van der Waals surface area contributed by atoms with Crippen LogP contribution in [0, 0.1) is 0 Å². The van der Waals surface area contributed by atoms with E-state index >= 15 is 0 Å². The molecule has 0 fully saturated rings. The van der Waals surface area contributed by atoms with Gasteiger partial charge in [-0.25, -0.2) is 0 Å². The van der Waals surface area contributed by atoms with Gasteiger partial charge in [0.15, 0.2) is 0 Å². The maximum absolute atomic E-state index is 2.38. The lowest BCUT2D eigenvalue weighted by atomic mass is 10.0. The average Bonchev–Trinajstić information content (AvgIpc) is 2.69. The first-order valence-corrected chi connectivity index (χ1v) is 8.54. The molecule has 2 heteroatoms. The number of hydrogen-bond donors (Lipinski definition) is 0. The van der Waals surface area contributed by atoms with E-state index in [0.29, 0.717) is 0 Å². The molecule has 1 heterocycles. The molecule has 0 saturated carbocycles. The second kappa shape index (κ2) is 5.38. The monoisotopic (exact) mass is 322 g/mol. The molecule has 1 aliphatic rings. The van der Waals surface area contributed by atoms with Gasteiger partial charge in [-0.1, -0.05) is 60.7 Å². The summed E-state index contributed by atoms with van der Waals surface area (Å²) in [7, 11) is 2.15. The molecule has 4 aromatic rings. The Kier molecular flexibility index (Phi) is 3.04. The Morgan fingerprint density at radius 2 is 1.24 bits per heavy atom. The fourth-order valence-electron chi connectivity index (χ4n) is 3.78. The normalized spacial score (nSPS) is 12.8. The van der Waals surface area contributed by atoms with Crippen molar-refractivity contribution in [3.05, 3.63) is 91.0 Å². The van der Waals surface area contributed by atoms with E-state index in [2.05, 4.69) is 108 Å². The van der Waals surface area contributed by atoms with Crippen molar-refractivity contribution in [2.24, 2.45) is 0 Å². The summed E-state index contributed by atoms with van der Waals surface area (Å²) in [4.78, 5) is 4.67. The molecule has 0 aliphatic carbocycles. The van der Waals surface area contributed by atoms with Gasteiger partial charge in [0, 0.05) is 18.1 Å². The molecular weight excluding hydrogens is 304 g/mol. The topological polar surface area (TPSA) is 6.48 Å². The van der Waals surface area contributed by atoms with E-state index in [1.807, 2.05) is 0 Å². The standard InChI is InChI=1S/C23H18N2/c1-24-20-13-7-8-14-21(20)25(18-10-3-2-4-11-18)23-19-12-6-5-9-17(19)15-16-22(23)24/h2-16H,1H3. The number of para-hydroxylation sites is 3. The van der Waals surface area contributed by atoms with Crippen LogP contribution in [-0.4, -0.2) is 7.05 Å². The van der Waals surface area contributed by atoms with Crippen molar-refractivity contribution in [1.29, 1.82) is 0 Å². The van der Waals surface area contributed by atoms with E-state index in [0.717, 1.165) is 0 Å². The van der Waals surface area contributed by atoms with Crippen LogP contribution in [0.15, 0.2) is 91.0 Å². The Bertz CT molecular complexity index is 1070. The van der Waals surface area contributed by atoms with Crippen molar-refractivity contribution >= 4 is 39.2 Å². The highest BCUT2D eigenvalue weighted by molar-refractivity contribution is 6.09. The Balaban J connectivity index is 1.90. The first-order chi connectivity index (χ1) is 12.3. The third kappa shape index (κ3) is 2.04. The van der Waals surface area contributed by atoms with Crippen LogP contribution in [0.3, 0.4) is 0 Å². The number of benzene rings is 4. The first kappa shape index (κ1) is 14.1. The van der Waals surface area contributed by atoms with E-state index in [1.165, 1.54) is 39.2 Å². The summed E-state index contributed by atoms with van der Waals surface area (Å²) in [6.45, 7) is 0. The SMILES string of the molecule is CN1c2ccccc2N(c2ccccc2)c2c1ccc1ccccc21. The number of nitrogens with zero attached hydrogens (tertiary/aromatic N) is 2. The molecular formula is C23H18N2. The second-order valence-electron chi connectivity index (χ2n) is 6.37. The maximum Gasteiger partial charge on any atom is 0.0778 e. The third-order valence-corrected chi connectivity index (χ3v) is 4.96. The van der Waals surface area contributed by atoms with Gasteiger partial charge in [0.25, 0.3) is 0 Å². The van der Waals surface area contributed by atoms with Crippen LogP contribution < -0.4 is 9.80 Å². The third-order valence-electron chi connectivity index (χ3n) is 4.96. The summed E-state index contributed by atoms with van der Waals surface area (Å²) in [6.07, 6.45) is 0. The minimum absolute atomic E-state index is 1.18. The summed E-state index contributed by atoms with van der Waals surface area (Å²) < 4.78 is 0. The zero-order chi connectivity index (χ0) is 16.8. The summed E-state index contributed by atoms with van der Waals surface area (Å²) >= 11 is 0. The largest absolute Gasteiger partial charge is 0.341 e. The molecule has 2 nitrogen and oxygen atoms in total. The lowest BCUT2D eigenvalue weighted by molar-refractivity contribution is 1.14. The van der Waals surface area contributed by atoms with Crippen molar-refractivity contribution < 1.29 is 0 Å². The summed E-state index contributed by atoms with van der Waals surface area (Å²) in [5, 5.41) is 2.53. The Morgan fingerprint density at radius 3 is 2.08 bits per heavy atom. The fourth-order valence-corrected chi connectivity index (χ4v) is 3.78. The van der Waals surface area contributed by atoms with E-state index in [4.69, 9.17) is 0 Å². The molecule has 0 unspecified atom stereocenters. The quantitative estimate of drug-likeness (QED) is 0.400. The number of fused-ring (bicyclic) bond motifs is 4. The fraction of sp³-hybridized carbons (Fsp3) is 0.0435. The van der Waals surface area contributed by atoms with E-state index < -0.39 is 0 Å². The highest BCUT2D eigenvalue weighted by Gasteiger charge is 2.28. The zero-order valence-electron chi connectivity index (χ0n) is 14.1. The molecule has 25 heavy (non-hydrogen) atoms. The summed E-state index contributed by atoms with van der Waals surface area (Å²) in [5.74, 6) is 0. The van der Waals surface area contributed by atoms with Crippen molar-refractivity contribution in [2.75, 3.05) is 16.8 Å². The molecule has 0 N–H and O–H groups in total. The van der Waals surface area contributed by atoms with Crippen molar-refractivity contribution in [3.8, 4) is 0 Å². The van der Waals surface area contributed by atoms with Crippen LogP contribution in [0.25, 0.3) is 10.8 Å². The Labute approximate surface area is 147 Å². The molecule has 0 radical (unpaired) electrons. The molecule has 120 valence electrons. The van der Waals surface area contributed by atoms with Crippen LogP contribution in [-0.2, 0) is 0 Å². The summed E-state index contributed by atoms with van der Waals surface area (Å²) in [6, 6.07) is 32.3. The van der Waals surface area contributed by atoms with Crippen molar-refractivity contribution in [3.63, 3.8) is 0 Å². The molecule has 5 rings (SSSR count). The van der Waals surface area contributed by atoms with Gasteiger partial charge in [-0.15, -0.1) is 0 Å². The number of hydrogen-bond acceptors (Lipinski definition) is 2. The van der Waals surface area contributed by atoms with Gasteiger partial charge in [0.2, 0.25) is 0 Å². The summed E-state index contributed by atoms with van der Waals surface area (Å²) in [5.41, 5.74) is 6.07. The van der Waals surface area contributed by atoms with Gasteiger partial charge >= 0.3 is 0 Å². The first-order valence-electron chi connectivity index (χ1n) is 8.54. The molecule has 0 spiro atoms. The highest BCUT2D eigenvalue weighted by Crippen LogP contribution is 2.52. The van der Waals surface area contributed by atoms with Gasteiger partial charge in [-0.05, 0) is 35.7 Å². The van der Waals surface area contributed by atoms with Gasteiger partial charge in [-0.2, -0.15) is 0 Å². The average molecular weight is 322 g/mol. The molecule has 0 amide bonds. The van der Waals surface area contributed by atoms with Crippen LogP contribution in [0.5, 0.6) is 0 Å². The predicted molar refractivity (Wildman–Crippen MR) is 107 cm³/mol. The van der Waals surface area contributed by atoms with E-state index in [9.17, 15) is 0 Å². The van der Waals surface area contributed by atoms with Crippen LogP contribution >= 0.6 is 0 Å². The number of rotatable bonds is 1. The smallest absolute Gasteiger partial charge is 0.0778 e. The van der Waals surface area contributed by atoms with Crippen LogP contribution in [0.2, 0.25) is 0 Å². The maximum atomic E-state index is 2.38. The lowest BCUT2D eigenvalue weighted by Crippen LogP contribution is -2.24. The van der Waals surface area contributed by atoms with Crippen molar-refractivity contribution in [1.82, 2.24) is 0 Å². The second-order valence-corrected chi connectivity index (χ2v) is 6.37. The van der Waals surface area contributed by atoms with Gasteiger partial charge in [-0.3, -0.25) is 0 Å². The Morgan fingerprint density at radius 1 is 0.560 bits per heavy atom. The Hall–Kier alpha value is -3.26. The lowest BCUT2D eigenvalue weighted by Gasteiger charge is -2.39. The van der Waals surface area contributed by atoms with Gasteiger partial charge in [0.05, 0.1) is 22.7 Å². The zero-order valence-corrected chi connectivity index (χ0v) is 14.1. The van der Waals surface area contributed by atoms with Crippen LogP contribution in [0.4, 0.5) is 28.4 Å². The van der Waals surface area contributed by atoms with Crippen molar-refractivity contribution in [2.45, 2.75) is 0 Å². The molecule has 0 saturated heterocycles. The molecule has 4 aromatic carbocycles. The van der Waals surface area contributed by atoms with Crippen LogP contribution in [0.1, 0.15) is 0 Å². The highest BCUT2D eigenvalue weighted by atomic mass is 15.3. The molecule has 1 aliphatic heterocycles. The number of anilines is 5. The predicted octanol–water partition coefficient (Wildman–Crippen LogP) is 6.39.